The predicted molar refractivity (Wildman–Crippen MR) is 50.2 cm³/mol. The van der Waals surface area contributed by atoms with Gasteiger partial charge in [0.1, 0.15) is 5.71 Å². The highest BCUT2D eigenvalue weighted by Gasteiger charge is 2.14. The number of benzene rings is 1. The average molecular weight is 228 g/mol. The third-order valence-corrected chi connectivity index (χ3v) is 1.83. The summed E-state index contributed by atoms with van der Waals surface area (Å²) in [4.78, 5) is 20.3. The van der Waals surface area contributed by atoms with Crippen molar-refractivity contribution in [2.45, 2.75) is 0 Å². The van der Waals surface area contributed by atoms with E-state index in [1.165, 1.54) is 0 Å². The zero-order chi connectivity index (χ0) is 11.6. The number of non-ortho nitro benzene ring substituents is 1. The van der Waals surface area contributed by atoms with E-state index in [4.69, 9.17) is 17.0 Å². The van der Waals surface area contributed by atoms with Gasteiger partial charge in [-0.1, -0.05) is 11.8 Å². The van der Waals surface area contributed by atoms with Crippen molar-refractivity contribution in [3.63, 3.8) is 0 Å². The van der Waals surface area contributed by atoms with Gasteiger partial charge in [-0.15, -0.1) is 0 Å². The van der Waals surface area contributed by atoms with Crippen LogP contribution in [0.15, 0.2) is 18.2 Å². The minimum atomic E-state index is -1.13. The average Bonchev–Trinajstić information content (AvgIpc) is 2.16. The van der Waals surface area contributed by atoms with E-state index in [0.717, 1.165) is 18.2 Å². The summed E-state index contributed by atoms with van der Waals surface area (Å²) in [5.74, 6) is -0.653. The van der Waals surface area contributed by atoms with Gasteiger partial charge in [-0.3, -0.25) is 20.3 Å². The van der Waals surface area contributed by atoms with Crippen LogP contribution < -0.4 is 5.11 Å². The van der Waals surface area contributed by atoms with E-state index in [-0.39, 0.29) is 11.3 Å². The number of carbonyl (C=O) groups excluding carboxylic acids is 1. The molecule has 0 amide bonds. The molecule has 15 heavy (non-hydrogen) atoms. The molecule has 1 aromatic rings. The number of nitrogens with one attached hydrogen (secondary N) is 1. The fourth-order valence-corrected chi connectivity index (χ4v) is 1.03. The maximum atomic E-state index is 11.2. The molecule has 6 nitrogen and oxygen atoms in total. The SMILES string of the molecule is N=C(C(=O)Cl)c1cc([N+](=O)[O-])ccc1[O-]. The van der Waals surface area contributed by atoms with Crippen molar-refractivity contribution in [1.29, 1.82) is 5.41 Å². The van der Waals surface area contributed by atoms with E-state index in [1.54, 1.807) is 0 Å². The summed E-state index contributed by atoms with van der Waals surface area (Å²) in [5, 5.41) is 27.6. The van der Waals surface area contributed by atoms with Crippen molar-refractivity contribution in [1.82, 2.24) is 0 Å². The Labute approximate surface area is 88.8 Å². The van der Waals surface area contributed by atoms with E-state index >= 15 is 0 Å². The standard InChI is InChI=1S/C8H5ClN2O4/c9-8(13)7(10)5-3-4(11(14)15)1-2-6(5)12/h1-3,10,12H/p-1. The molecule has 1 aromatic carbocycles. The molecule has 0 aliphatic carbocycles. The predicted octanol–water partition coefficient (Wildman–Crippen LogP) is 0.802. The first-order chi connectivity index (χ1) is 6.93. The lowest BCUT2D eigenvalue weighted by Crippen LogP contribution is -2.11. The fraction of sp³-hybridized carbons (Fsp3) is 0. The first kappa shape index (κ1) is 11.1. The molecule has 1 rings (SSSR count). The van der Waals surface area contributed by atoms with Crippen LogP contribution in [0.4, 0.5) is 5.69 Å². The van der Waals surface area contributed by atoms with Crippen molar-refractivity contribution >= 4 is 28.2 Å². The minimum absolute atomic E-state index is 0.368. The first-order valence-corrected chi connectivity index (χ1v) is 4.05. The number of carbonyl (C=O) groups is 1. The molecule has 7 heteroatoms. The van der Waals surface area contributed by atoms with Gasteiger partial charge in [0, 0.05) is 17.7 Å². The van der Waals surface area contributed by atoms with E-state index in [0.29, 0.717) is 0 Å². The Bertz CT molecular complexity index is 458. The van der Waals surface area contributed by atoms with Crippen LogP contribution in [-0.4, -0.2) is 15.9 Å². The van der Waals surface area contributed by atoms with Gasteiger partial charge in [-0.05, 0) is 11.6 Å². The number of nitro groups is 1. The second-order valence-corrected chi connectivity index (χ2v) is 2.93. The van der Waals surface area contributed by atoms with Gasteiger partial charge in [-0.25, -0.2) is 0 Å². The van der Waals surface area contributed by atoms with Crippen LogP contribution in [0.5, 0.6) is 5.75 Å². The van der Waals surface area contributed by atoms with Crippen LogP contribution >= 0.6 is 11.6 Å². The number of halogens is 1. The lowest BCUT2D eigenvalue weighted by molar-refractivity contribution is -0.385. The Kier molecular flexibility index (Phi) is 3.01. The molecule has 0 aliphatic heterocycles. The lowest BCUT2D eigenvalue weighted by atomic mass is 10.1. The summed E-state index contributed by atoms with van der Waals surface area (Å²) in [5.41, 5.74) is -1.48. The quantitative estimate of drug-likeness (QED) is 0.357. The maximum absolute atomic E-state index is 11.2. The topological polar surface area (TPSA) is 107 Å². The highest BCUT2D eigenvalue weighted by molar-refractivity contribution is 6.83. The van der Waals surface area contributed by atoms with Crippen molar-refractivity contribution in [3.8, 4) is 5.75 Å². The molecule has 0 radical (unpaired) electrons. The molecule has 0 spiro atoms. The summed E-state index contributed by atoms with van der Waals surface area (Å²) >= 11 is 4.99. The van der Waals surface area contributed by atoms with Gasteiger partial charge in [0.05, 0.1) is 4.92 Å². The normalized spacial score (nSPS) is 9.67. The second-order valence-electron chi connectivity index (χ2n) is 2.59. The van der Waals surface area contributed by atoms with Crippen LogP contribution in [0.3, 0.4) is 0 Å². The third-order valence-electron chi connectivity index (χ3n) is 1.64. The minimum Gasteiger partial charge on any atom is -0.872 e. The van der Waals surface area contributed by atoms with Gasteiger partial charge < -0.3 is 5.11 Å². The molecule has 0 aromatic heterocycles. The molecule has 0 aliphatic rings. The largest absolute Gasteiger partial charge is 0.872 e. The fourth-order valence-electron chi connectivity index (χ4n) is 0.933. The molecule has 0 bridgehead atoms. The molecule has 0 saturated heterocycles. The molecule has 0 fully saturated rings. The van der Waals surface area contributed by atoms with E-state index in [2.05, 4.69) is 0 Å². The lowest BCUT2D eigenvalue weighted by Gasteiger charge is -2.11. The molecule has 1 N–H and O–H groups in total. The molecule has 0 heterocycles. The zero-order valence-electron chi connectivity index (χ0n) is 7.19. The molecule has 0 unspecified atom stereocenters. The molecular formula is C8H4ClN2O4-. The smallest absolute Gasteiger partial charge is 0.270 e. The highest BCUT2D eigenvalue weighted by Crippen LogP contribution is 2.21. The number of hydrogen-bond acceptors (Lipinski definition) is 5. The summed E-state index contributed by atoms with van der Waals surface area (Å²) in [7, 11) is 0. The van der Waals surface area contributed by atoms with E-state index < -0.39 is 21.6 Å². The van der Waals surface area contributed by atoms with Crippen LogP contribution in [0, 0.1) is 15.5 Å². The van der Waals surface area contributed by atoms with Gasteiger partial charge in [0.15, 0.2) is 0 Å². The van der Waals surface area contributed by atoms with Crippen LogP contribution in [0.1, 0.15) is 5.56 Å². The third kappa shape index (κ3) is 2.29. The molecule has 78 valence electrons. The van der Waals surface area contributed by atoms with Gasteiger partial charge in [-0.2, -0.15) is 0 Å². The Morgan fingerprint density at radius 1 is 1.47 bits per heavy atom. The van der Waals surface area contributed by atoms with Crippen LogP contribution in [0.25, 0.3) is 0 Å². The zero-order valence-corrected chi connectivity index (χ0v) is 7.95. The Morgan fingerprint density at radius 2 is 2.07 bits per heavy atom. The Hall–Kier alpha value is -1.95. The summed E-state index contributed by atoms with van der Waals surface area (Å²) in [6, 6.07) is 2.77. The Morgan fingerprint density at radius 3 is 2.53 bits per heavy atom. The number of nitro benzene ring substituents is 1. The summed E-state index contributed by atoms with van der Waals surface area (Å²) < 4.78 is 0. The van der Waals surface area contributed by atoms with Crippen molar-refractivity contribution in [2.24, 2.45) is 0 Å². The number of hydrogen-bond donors (Lipinski definition) is 1. The van der Waals surface area contributed by atoms with E-state index in [9.17, 15) is 20.0 Å². The first-order valence-electron chi connectivity index (χ1n) is 3.67. The summed E-state index contributed by atoms with van der Waals surface area (Å²) in [6.45, 7) is 0. The molecule has 0 atom stereocenters. The van der Waals surface area contributed by atoms with Gasteiger partial charge >= 0.3 is 0 Å². The highest BCUT2D eigenvalue weighted by atomic mass is 35.5. The van der Waals surface area contributed by atoms with Gasteiger partial charge in [0.25, 0.3) is 10.9 Å². The summed E-state index contributed by atoms with van der Waals surface area (Å²) in [6.07, 6.45) is 0. The number of rotatable bonds is 3. The van der Waals surface area contributed by atoms with Gasteiger partial charge in [0.2, 0.25) is 0 Å². The number of nitrogens with zero attached hydrogens (tertiary/aromatic N) is 1. The maximum Gasteiger partial charge on any atom is 0.270 e. The van der Waals surface area contributed by atoms with Crippen molar-refractivity contribution in [2.75, 3.05) is 0 Å². The molecule has 0 saturated carbocycles. The van der Waals surface area contributed by atoms with Crippen LogP contribution in [-0.2, 0) is 4.79 Å². The van der Waals surface area contributed by atoms with E-state index in [1.807, 2.05) is 0 Å². The monoisotopic (exact) mass is 227 g/mol. The Balaban J connectivity index is 3.28. The van der Waals surface area contributed by atoms with Crippen LogP contribution in [0.2, 0.25) is 0 Å². The van der Waals surface area contributed by atoms with Crippen molar-refractivity contribution < 1.29 is 14.8 Å². The van der Waals surface area contributed by atoms with Crippen molar-refractivity contribution in [3.05, 3.63) is 33.9 Å². The second kappa shape index (κ2) is 4.05. The molecular weight excluding hydrogens is 224 g/mol.